The monoisotopic (exact) mass is 1150 g/mol. The summed E-state index contributed by atoms with van der Waals surface area (Å²) in [6.07, 6.45) is -0.209. The highest BCUT2D eigenvalue weighted by Crippen LogP contribution is 2.35. The zero-order chi connectivity index (χ0) is 60.7. The fourth-order valence-electron chi connectivity index (χ4n) is 9.99. The minimum Gasteiger partial charge on any atom is -0.489 e. The number of hydrogen-bond donors (Lipinski definition) is 8. The first-order valence-electron chi connectivity index (χ1n) is 27.3. The number of ether oxygens (including phenoxy) is 2. The number of carboxylic acid groups (broad SMARTS) is 4. The van der Waals surface area contributed by atoms with Crippen molar-refractivity contribution in [2.24, 2.45) is 0 Å². The van der Waals surface area contributed by atoms with Crippen LogP contribution in [-0.4, -0.2) is 92.1 Å². The Morgan fingerprint density at radius 3 is 0.721 bits per heavy atom. The average Bonchev–Trinajstić information content (AvgIpc) is 1.26. The van der Waals surface area contributed by atoms with Gasteiger partial charge in [0.25, 0.3) is 23.6 Å². The minimum atomic E-state index is -1.37. The molecule has 9 aromatic rings. The predicted octanol–water partition coefficient (Wildman–Crippen LogP) is 8.85. The van der Waals surface area contributed by atoms with Crippen molar-refractivity contribution >= 4 is 69.1 Å². The van der Waals surface area contributed by atoms with Gasteiger partial charge in [-0.25, -0.2) is 19.2 Å². The molecular formula is C68H58N4O14. The number of carboxylic acids is 4. The first-order valence-corrected chi connectivity index (χ1v) is 27.3. The Balaban J connectivity index is 1.04. The topological polar surface area (TPSA) is 284 Å². The van der Waals surface area contributed by atoms with Gasteiger partial charge < -0.3 is 51.2 Å². The van der Waals surface area contributed by atoms with Gasteiger partial charge >= 0.3 is 23.9 Å². The standard InChI is InChI=1S/C68H58N4O14/c73-61(69-57(65(77)78)29-41-17-5-1-6-18-41)45-33-46(62(74)70-58(66(79)80)30-42-19-7-2-8-20-42)36-49(35-45)85-39-55-51-25-13-15-27-53(51)56(54-28-16-14-26-52(54)55)40-86-50-37-47(63(75)71-59(67(81)82)31-43-21-9-3-10-22-43)34-48(38-50)64(76)72-60(68(83)84)32-44-23-11-4-12-24-44/h1-28,33-38,57-60H,29-32,39-40H2,(H,69,73)(H,70,74)(H,71,75)(H,72,76)(H,77,78)(H,79,80)(H,81,82)(H,83,84)/t57-,58-,59-,60-/m1/s1. The molecule has 0 radical (unpaired) electrons. The lowest BCUT2D eigenvalue weighted by Crippen LogP contribution is -2.43. The molecule has 434 valence electrons. The molecule has 0 aliphatic heterocycles. The third-order valence-corrected chi connectivity index (χ3v) is 14.3. The van der Waals surface area contributed by atoms with E-state index in [4.69, 9.17) is 9.47 Å². The van der Waals surface area contributed by atoms with Gasteiger partial charge in [0.05, 0.1) is 0 Å². The van der Waals surface area contributed by atoms with E-state index >= 15 is 0 Å². The molecule has 0 aliphatic carbocycles. The highest BCUT2D eigenvalue weighted by Gasteiger charge is 2.28. The maximum atomic E-state index is 14.1. The molecule has 0 bridgehead atoms. The molecule has 9 rings (SSSR count). The van der Waals surface area contributed by atoms with Gasteiger partial charge in [-0.15, -0.1) is 0 Å². The Morgan fingerprint density at radius 2 is 0.512 bits per heavy atom. The fraction of sp³-hybridized carbons (Fsp3) is 0.147. The molecule has 0 saturated heterocycles. The molecule has 4 atom stereocenters. The second-order valence-electron chi connectivity index (χ2n) is 20.3. The van der Waals surface area contributed by atoms with Gasteiger partial charge in [0.2, 0.25) is 0 Å². The SMILES string of the molecule is O=C(N[C@H](Cc1ccccc1)C(=O)O)c1cc(OCc2c3ccccc3c(COc3cc(C(=O)N[C@H](Cc4ccccc4)C(=O)O)cc(C(=O)N[C@H](Cc4ccccc4)C(=O)O)c3)c3ccccc23)cc(C(=O)N[C@H](Cc2ccccc2)C(=O)O)c1. The molecule has 0 unspecified atom stereocenters. The highest BCUT2D eigenvalue weighted by molar-refractivity contribution is 6.07. The van der Waals surface area contributed by atoms with Crippen LogP contribution in [0.4, 0.5) is 0 Å². The smallest absolute Gasteiger partial charge is 0.326 e. The molecule has 0 spiro atoms. The molecule has 9 aromatic carbocycles. The summed E-state index contributed by atoms with van der Waals surface area (Å²) >= 11 is 0. The summed E-state index contributed by atoms with van der Waals surface area (Å²) in [5.41, 5.74) is 3.33. The predicted molar refractivity (Wildman–Crippen MR) is 319 cm³/mol. The Bertz CT molecular complexity index is 3480. The van der Waals surface area contributed by atoms with Gasteiger partial charge in [0, 0.05) is 59.1 Å². The Labute approximate surface area is 493 Å². The average molecular weight is 1160 g/mol. The van der Waals surface area contributed by atoms with E-state index in [1.165, 1.54) is 36.4 Å². The number of amides is 4. The number of hydrogen-bond acceptors (Lipinski definition) is 10. The van der Waals surface area contributed by atoms with E-state index in [2.05, 4.69) is 21.3 Å². The van der Waals surface area contributed by atoms with E-state index in [1.54, 1.807) is 121 Å². The summed E-state index contributed by atoms with van der Waals surface area (Å²) in [5.74, 6) is -8.54. The van der Waals surface area contributed by atoms with Crippen molar-refractivity contribution in [3.8, 4) is 11.5 Å². The van der Waals surface area contributed by atoms with Crippen LogP contribution in [0.15, 0.2) is 206 Å². The van der Waals surface area contributed by atoms with E-state index in [1.807, 2.05) is 48.5 Å². The highest BCUT2D eigenvalue weighted by atomic mass is 16.5. The number of benzene rings is 9. The van der Waals surface area contributed by atoms with Crippen molar-refractivity contribution in [2.45, 2.75) is 63.1 Å². The Kier molecular flexibility index (Phi) is 19.2. The van der Waals surface area contributed by atoms with Gasteiger partial charge in [-0.05, 0) is 80.2 Å². The summed E-state index contributed by atoms with van der Waals surface area (Å²) in [6, 6.07) is 52.0. The van der Waals surface area contributed by atoms with Crippen LogP contribution in [0.1, 0.15) is 74.8 Å². The van der Waals surface area contributed by atoms with Crippen LogP contribution in [0.25, 0.3) is 21.5 Å². The van der Waals surface area contributed by atoms with E-state index in [0.717, 1.165) is 0 Å². The van der Waals surface area contributed by atoms with Gasteiger partial charge in [-0.3, -0.25) is 19.2 Å². The molecule has 18 nitrogen and oxygen atoms in total. The van der Waals surface area contributed by atoms with Crippen molar-refractivity contribution < 1.29 is 68.3 Å². The summed E-state index contributed by atoms with van der Waals surface area (Å²) in [7, 11) is 0. The lowest BCUT2D eigenvalue weighted by atomic mass is 9.92. The largest absolute Gasteiger partial charge is 0.489 e. The summed E-state index contributed by atoms with van der Waals surface area (Å²) in [6.45, 7) is -0.324. The summed E-state index contributed by atoms with van der Waals surface area (Å²) < 4.78 is 13.0. The van der Waals surface area contributed by atoms with E-state index < -0.39 is 71.7 Å². The molecule has 4 amide bonds. The fourth-order valence-corrected chi connectivity index (χ4v) is 9.99. The number of fused-ring (bicyclic) bond motifs is 2. The number of aliphatic carboxylic acids is 4. The second-order valence-corrected chi connectivity index (χ2v) is 20.3. The molecule has 0 fully saturated rings. The van der Waals surface area contributed by atoms with Crippen LogP contribution >= 0.6 is 0 Å². The van der Waals surface area contributed by atoms with Gasteiger partial charge in [-0.1, -0.05) is 170 Å². The molecule has 0 heterocycles. The van der Waals surface area contributed by atoms with E-state index in [0.29, 0.717) is 54.9 Å². The first-order chi connectivity index (χ1) is 41.6. The summed E-state index contributed by atoms with van der Waals surface area (Å²) in [4.78, 5) is 106. The van der Waals surface area contributed by atoms with E-state index in [-0.39, 0.29) is 72.6 Å². The molecule has 0 aromatic heterocycles. The maximum Gasteiger partial charge on any atom is 0.326 e. The van der Waals surface area contributed by atoms with Crippen molar-refractivity contribution in [3.05, 3.63) is 262 Å². The number of carbonyl (C=O) groups is 8. The minimum absolute atomic E-state index is 0.0153. The van der Waals surface area contributed by atoms with Crippen LogP contribution in [0.2, 0.25) is 0 Å². The maximum absolute atomic E-state index is 14.1. The summed E-state index contributed by atoms with van der Waals surface area (Å²) in [5, 5.41) is 53.8. The van der Waals surface area contributed by atoms with Crippen LogP contribution in [-0.2, 0) is 58.1 Å². The van der Waals surface area contributed by atoms with Gasteiger partial charge in [-0.2, -0.15) is 0 Å². The third kappa shape index (κ3) is 15.3. The molecule has 0 aliphatic rings. The number of carbonyl (C=O) groups excluding carboxylic acids is 4. The van der Waals surface area contributed by atoms with Gasteiger partial charge in [0.15, 0.2) is 0 Å². The second kappa shape index (κ2) is 27.8. The zero-order valence-corrected chi connectivity index (χ0v) is 46.1. The third-order valence-electron chi connectivity index (χ3n) is 14.3. The molecule has 8 N–H and O–H groups in total. The Hall–Kier alpha value is -11.1. The van der Waals surface area contributed by atoms with E-state index in [9.17, 15) is 58.8 Å². The Morgan fingerprint density at radius 1 is 0.302 bits per heavy atom. The first kappa shape index (κ1) is 59.5. The van der Waals surface area contributed by atoms with Gasteiger partial charge in [0.1, 0.15) is 48.9 Å². The zero-order valence-electron chi connectivity index (χ0n) is 46.1. The molecular weight excluding hydrogens is 1100 g/mol. The van der Waals surface area contributed by atoms with Crippen LogP contribution in [0.3, 0.4) is 0 Å². The van der Waals surface area contributed by atoms with Crippen LogP contribution < -0.4 is 30.7 Å². The lowest BCUT2D eigenvalue weighted by Gasteiger charge is -2.20. The quantitative estimate of drug-likeness (QED) is 0.0235. The van der Waals surface area contributed by atoms with Crippen molar-refractivity contribution in [1.82, 2.24) is 21.3 Å². The van der Waals surface area contributed by atoms with Crippen molar-refractivity contribution in [1.29, 1.82) is 0 Å². The van der Waals surface area contributed by atoms with Crippen molar-refractivity contribution in [2.75, 3.05) is 0 Å². The number of rotatable bonds is 26. The molecule has 86 heavy (non-hydrogen) atoms. The lowest BCUT2D eigenvalue weighted by molar-refractivity contribution is -0.140. The molecule has 18 heteroatoms. The van der Waals surface area contributed by atoms with Crippen LogP contribution in [0.5, 0.6) is 11.5 Å². The number of nitrogens with one attached hydrogen (secondary N) is 4. The molecule has 0 saturated carbocycles. The van der Waals surface area contributed by atoms with Crippen LogP contribution in [0, 0.1) is 0 Å². The van der Waals surface area contributed by atoms with Crippen molar-refractivity contribution in [3.63, 3.8) is 0 Å². The normalized spacial score (nSPS) is 12.4.